The second kappa shape index (κ2) is 4.91. The molecule has 98 valence electrons. The standard InChI is InChI=1S/C14H13Cl2N3/c15-10-8-11(16)14(18-13(10)17)19-7-3-5-9-4-1-2-6-12(9)19/h1-2,4,6,8H,3,5,7H2,(H2,17,18). The molecule has 0 fully saturated rings. The molecule has 5 heteroatoms. The SMILES string of the molecule is Nc1nc(N2CCCc3ccccc32)c(Cl)cc1Cl. The number of halogens is 2. The van der Waals surface area contributed by atoms with Crippen molar-refractivity contribution >= 4 is 40.5 Å². The third kappa shape index (κ3) is 2.24. The van der Waals surface area contributed by atoms with E-state index in [0.717, 1.165) is 25.1 Å². The van der Waals surface area contributed by atoms with Crippen molar-refractivity contribution in [1.29, 1.82) is 0 Å². The molecule has 2 N–H and O–H groups in total. The van der Waals surface area contributed by atoms with Crippen LogP contribution in [0.15, 0.2) is 30.3 Å². The number of nitrogens with zero attached hydrogens (tertiary/aromatic N) is 2. The predicted molar refractivity (Wildman–Crippen MR) is 80.4 cm³/mol. The molecule has 0 saturated heterocycles. The number of anilines is 3. The molecule has 0 spiro atoms. The van der Waals surface area contributed by atoms with Crippen molar-refractivity contribution in [3.63, 3.8) is 0 Å². The first kappa shape index (κ1) is 12.6. The Kier molecular flexibility index (Phi) is 3.25. The minimum atomic E-state index is 0.309. The maximum Gasteiger partial charge on any atom is 0.154 e. The van der Waals surface area contributed by atoms with Gasteiger partial charge in [-0.3, -0.25) is 0 Å². The topological polar surface area (TPSA) is 42.1 Å². The van der Waals surface area contributed by atoms with E-state index >= 15 is 0 Å². The van der Waals surface area contributed by atoms with Crippen molar-refractivity contribution in [3.05, 3.63) is 45.9 Å². The number of pyridine rings is 1. The first-order valence-corrected chi connectivity index (χ1v) is 6.89. The predicted octanol–water partition coefficient (Wildman–Crippen LogP) is 4.05. The van der Waals surface area contributed by atoms with Crippen LogP contribution in [0.5, 0.6) is 0 Å². The van der Waals surface area contributed by atoms with Crippen molar-refractivity contribution in [2.45, 2.75) is 12.8 Å². The van der Waals surface area contributed by atoms with Crippen LogP contribution in [0, 0.1) is 0 Å². The van der Waals surface area contributed by atoms with E-state index in [-0.39, 0.29) is 0 Å². The molecule has 3 nitrogen and oxygen atoms in total. The Bertz CT molecular complexity index is 628. The summed E-state index contributed by atoms with van der Waals surface area (Å²) in [6, 6.07) is 9.93. The zero-order chi connectivity index (χ0) is 13.4. The van der Waals surface area contributed by atoms with Crippen molar-refractivity contribution in [2.24, 2.45) is 0 Å². The monoisotopic (exact) mass is 293 g/mol. The Hall–Kier alpha value is -1.45. The highest BCUT2D eigenvalue weighted by atomic mass is 35.5. The molecule has 0 atom stereocenters. The fourth-order valence-electron chi connectivity index (χ4n) is 2.41. The highest BCUT2D eigenvalue weighted by Gasteiger charge is 2.21. The number of rotatable bonds is 1. The van der Waals surface area contributed by atoms with Crippen molar-refractivity contribution in [3.8, 4) is 0 Å². The molecule has 0 saturated carbocycles. The van der Waals surface area contributed by atoms with Gasteiger partial charge in [0.05, 0.1) is 10.0 Å². The van der Waals surface area contributed by atoms with Crippen LogP contribution in [-0.2, 0) is 6.42 Å². The largest absolute Gasteiger partial charge is 0.382 e. The van der Waals surface area contributed by atoms with Crippen LogP contribution in [-0.4, -0.2) is 11.5 Å². The van der Waals surface area contributed by atoms with Gasteiger partial charge in [0.1, 0.15) is 5.82 Å². The molecule has 3 rings (SSSR count). The summed E-state index contributed by atoms with van der Waals surface area (Å²) in [4.78, 5) is 6.44. The summed E-state index contributed by atoms with van der Waals surface area (Å²) in [7, 11) is 0. The summed E-state index contributed by atoms with van der Waals surface area (Å²) in [5.74, 6) is 0.986. The average molecular weight is 294 g/mol. The zero-order valence-corrected chi connectivity index (χ0v) is 11.7. The Morgan fingerprint density at radius 3 is 2.79 bits per heavy atom. The van der Waals surface area contributed by atoms with Crippen LogP contribution < -0.4 is 10.6 Å². The van der Waals surface area contributed by atoms with E-state index in [1.165, 1.54) is 5.56 Å². The molecule has 0 aliphatic carbocycles. The molecule has 1 aliphatic heterocycles. The molecule has 2 aromatic rings. The van der Waals surface area contributed by atoms with Gasteiger partial charge in [-0.1, -0.05) is 41.4 Å². The fourth-order valence-corrected chi connectivity index (χ4v) is 2.87. The van der Waals surface area contributed by atoms with Crippen LogP contribution in [0.1, 0.15) is 12.0 Å². The van der Waals surface area contributed by atoms with E-state index in [9.17, 15) is 0 Å². The van der Waals surface area contributed by atoms with Crippen LogP contribution >= 0.6 is 23.2 Å². The Balaban J connectivity index is 2.11. The number of benzene rings is 1. The Morgan fingerprint density at radius 2 is 1.95 bits per heavy atom. The molecule has 1 aromatic carbocycles. The van der Waals surface area contributed by atoms with Gasteiger partial charge in [0.25, 0.3) is 0 Å². The quantitative estimate of drug-likeness (QED) is 0.862. The van der Waals surface area contributed by atoms with Crippen LogP contribution in [0.3, 0.4) is 0 Å². The van der Waals surface area contributed by atoms with E-state index in [0.29, 0.717) is 21.7 Å². The molecule has 0 radical (unpaired) electrons. The normalized spacial score (nSPS) is 14.3. The van der Waals surface area contributed by atoms with Gasteiger partial charge in [-0.15, -0.1) is 0 Å². The number of aromatic nitrogens is 1. The second-order valence-corrected chi connectivity index (χ2v) is 5.36. The zero-order valence-electron chi connectivity index (χ0n) is 10.2. The minimum absolute atomic E-state index is 0.309. The summed E-state index contributed by atoms with van der Waals surface area (Å²) in [6.45, 7) is 0.880. The highest BCUT2D eigenvalue weighted by molar-refractivity contribution is 6.37. The molecular formula is C14H13Cl2N3. The second-order valence-electron chi connectivity index (χ2n) is 4.54. The molecule has 2 heterocycles. The Morgan fingerprint density at radius 1 is 1.16 bits per heavy atom. The van der Waals surface area contributed by atoms with Gasteiger partial charge < -0.3 is 10.6 Å². The van der Waals surface area contributed by atoms with E-state index < -0.39 is 0 Å². The van der Waals surface area contributed by atoms with Gasteiger partial charge in [0.2, 0.25) is 0 Å². The van der Waals surface area contributed by atoms with Crippen molar-refractivity contribution in [1.82, 2.24) is 4.98 Å². The van der Waals surface area contributed by atoms with Crippen LogP contribution in [0.2, 0.25) is 10.0 Å². The minimum Gasteiger partial charge on any atom is -0.382 e. The maximum atomic E-state index is 6.26. The number of nitrogens with two attached hydrogens (primary N) is 1. The Labute approximate surface area is 122 Å². The third-order valence-electron chi connectivity index (χ3n) is 3.30. The summed E-state index contributed by atoms with van der Waals surface area (Å²) < 4.78 is 0. The van der Waals surface area contributed by atoms with E-state index in [1.54, 1.807) is 6.07 Å². The lowest BCUT2D eigenvalue weighted by Gasteiger charge is -2.31. The van der Waals surface area contributed by atoms with Crippen LogP contribution in [0.25, 0.3) is 0 Å². The lowest BCUT2D eigenvalue weighted by Crippen LogP contribution is -2.25. The maximum absolute atomic E-state index is 6.26. The van der Waals surface area contributed by atoms with E-state index in [1.807, 2.05) is 12.1 Å². The number of fused-ring (bicyclic) bond motifs is 1. The van der Waals surface area contributed by atoms with E-state index in [4.69, 9.17) is 28.9 Å². The summed E-state index contributed by atoms with van der Waals surface area (Å²) in [6.07, 6.45) is 2.14. The average Bonchev–Trinajstić information content (AvgIpc) is 2.42. The smallest absolute Gasteiger partial charge is 0.154 e. The molecule has 0 amide bonds. The molecule has 1 aliphatic rings. The molecule has 1 aromatic heterocycles. The van der Waals surface area contributed by atoms with Gasteiger partial charge >= 0.3 is 0 Å². The number of nitrogen functional groups attached to an aromatic ring is 1. The summed E-state index contributed by atoms with van der Waals surface area (Å²) in [5, 5.41) is 0.912. The van der Waals surface area contributed by atoms with Crippen LogP contribution in [0.4, 0.5) is 17.3 Å². The van der Waals surface area contributed by atoms with Crippen molar-refractivity contribution in [2.75, 3.05) is 17.2 Å². The fraction of sp³-hybridized carbons (Fsp3) is 0.214. The number of hydrogen-bond donors (Lipinski definition) is 1. The molecule has 19 heavy (non-hydrogen) atoms. The van der Waals surface area contributed by atoms with Crippen molar-refractivity contribution < 1.29 is 0 Å². The van der Waals surface area contributed by atoms with Gasteiger partial charge in [-0.25, -0.2) is 4.98 Å². The van der Waals surface area contributed by atoms with Gasteiger partial charge in [0.15, 0.2) is 5.82 Å². The third-order valence-corrected chi connectivity index (χ3v) is 3.88. The lowest BCUT2D eigenvalue weighted by molar-refractivity contribution is 0.760. The number of para-hydroxylation sites is 1. The van der Waals surface area contributed by atoms with Gasteiger partial charge in [0, 0.05) is 12.2 Å². The molecule has 0 bridgehead atoms. The number of aryl methyl sites for hydroxylation is 1. The first-order valence-electron chi connectivity index (χ1n) is 6.14. The summed E-state index contributed by atoms with van der Waals surface area (Å²) >= 11 is 12.2. The van der Waals surface area contributed by atoms with Gasteiger partial charge in [-0.05, 0) is 30.5 Å². The lowest BCUT2D eigenvalue weighted by atomic mass is 10.0. The summed E-state index contributed by atoms with van der Waals surface area (Å²) in [5.41, 5.74) is 8.24. The first-order chi connectivity index (χ1) is 9.16. The number of hydrogen-bond acceptors (Lipinski definition) is 3. The molecular weight excluding hydrogens is 281 g/mol. The molecule has 0 unspecified atom stereocenters. The highest BCUT2D eigenvalue weighted by Crippen LogP contribution is 2.37. The van der Waals surface area contributed by atoms with E-state index in [2.05, 4.69) is 22.0 Å². The van der Waals surface area contributed by atoms with Gasteiger partial charge in [-0.2, -0.15) is 0 Å².